The Balaban J connectivity index is 2.10. The van der Waals surface area contributed by atoms with Gasteiger partial charge in [0.05, 0.1) is 4.92 Å². The van der Waals surface area contributed by atoms with Gasteiger partial charge in [0.2, 0.25) is 0 Å². The molecule has 18 heavy (non-hydrogen) atoms. The lowest BCUT2D eigenvalue weighted by molar-refractivity contribution is -0.385. The van der Waals surface area contributed by atoms with Gasteiger partial charge in [0.15, 0.2) is 0 Å². The van der Waals surface area contributed by atoms with Gasteiger partial charge in [-0.05, 0) is 18.9 Å². The summed E-state index contributed by atoms with van der Waals surface area (Å²) in [6.07, 6.45) is 3.24. The van der Waals surface area contributed by atoms with Crippen molar-refractivity contribution in [1.82, 2.24) is 10.4 Å². The van der Waals surface area contributed by atoms with Crippen LogP contribution in [0.1, 0.15) is 29.6 Å². The molecule has 2 rings (SSSR count). The molecule has 1 saturated heterocycles. The minimum absolute atomic E-state index is 0.105. The SMILES string of the molecule is O=C(NN1CCCCC1)c1ccccc1[N+](=O)[O-]. The van der Waals surface area contributed by atoms with Gasteiger partial charge >= 0.3 is 0 Å². The summed E-state index contributed by atoms with van der Waals surface area (Å²) in [5, 5.41) is 12.7. The Morgan fingerprint density at radius 2 is 1.89 bits per heavy atom. The molecule has 1 aliphatic heterocycles. The average Bonchev–Trinajstić information content (AvgIpc) is 2.40. The van der Waals surface area contributed by atoms with Gasteiger partial charge < -0.3 is 0 Å². The Labute approximate surface area is 105 Å². The van der Waals surface area contributed by atoms with Crippen molar-refractivity contribution in [3.63, 3.8) is 0 Å². The Kier molecular flexibility index (Phi) is 3.88. The number of hydrazine groups is 1. The Bertz CT molecular complexity index is 456. The number of carbonyl (C=O) groups excluding carboxylic acids is 1. The number of piperidine rings is 1. The van der Waals surface area contributed by atoms with E-state index in [0.717, 1.165) is 32.4 Å². The highest BCUT2D eigenvalue weighted by Crippen LogP contribution is 2.17. The number of hydrogen-bond acceptors (Lipinski definition) is 4. The molecule has 1 amide bonds. The molecule has 1 heterocycles. The Morgan fingerprint density at radius 3 is 2.56 bits per heavy atom. The first-order valence-electron chi connectivity index (χ1n) is 5.98. The number of carbonyl (C=O) groups is 1. The van der Waals surface area contributed by atoms with Crippen molar-refractivity contribution >= 4 is 11.6 Å². The van der Waals surface area contributed by atoms with E-state index in [1.807, 2.05) is 5.01 Å². The zero-order valence-corrected chi connectivity index (χ0v) is 9.96. The molecule has 0 saturated carbocycles. The number of benzene rings is 1. The maximum absolute atomic E-state index is 12.0. The van der Waals surface area contributed by atoms with Gasteiger partial charge in [-0.25, -0.2) is 5.01 Å². The Morgan fingerprint density at radius 1 is 1.22 bits per heavy atom. The second-order valence-corrected chi connectivity index (χ2v) is 4.26. The lowest BCUT2D eigenvalue weighted by Gasteiger charge is -2.26. The first-order chi connectivity index (χ1) is 8.68. The van der Waals surface area contributed by atoms with E-state index in [1.165, 1.54) is 12.1 Å². The molecule has 0 spiro atoms. The van der Waals surface area contributed by atoms with Crippen LogP contribution >= 0.6 is 0 Å². The van der Waals surface area contributed by atoms with Crippen LogP contribution in [0.3, 0.4) is 0 Å². The molecular weight excluding hydrogens is 234 g/mol. The zero-order chi connectivity index (χ0) is 13.0. The summed E-state index contributed by atoms with van der Waals surface area (Å²) in [6, 6.07) is 5.98. The van der Waals surface area contributed by atoms with Crippen molar-refractivity contribution in [3.8, 4) is 0 Å². The van der Waals surface area contributed by atoms with Gasteiger partial charge in [-0.1, -0.05) is 18.6 Å². The van der Waals surface area contributed by atoms with Gasteiger partial charge in [-0.3, -0.25) is 20.3 Å². The molecule has 1 N–H and O–H groups in total. The van der Waals surface area contributed by atoms with Gasteiger partial charge in [-0.15, -0.1) is 0 Å². The molecule has 1 aromatic carbocycles. The topological polar surface area (TPSA) is 75.5 Å². The average molecular weight is 249 g/mol. The first kappa shape index (κ1) is 12.5. The van der Waals surface area contributed by atoms with Crippen molar-refractivity contribution in [3.05, 3.63) is 39.9 Å². The largest absolute Gasteiger partial charge is 0.285 e. The van der Waals surface area contributed by atoms with E-state index in [-0.39, 0.29) is 11.3 Å². The number of rotatable bonds is 3. The maximum Gasteiger partial charge on any atom is 0.282 e. The molecule has 0 bridgehead atoms. The van der Waals surface area contributed by atoms with Crippen molar-refractivity contribution in [2.45, 2.75) is 19.3 Å². The Hall–Kier alpha value is -1.95. The lowest BCUT2D eigenvalue weighted by Crippen LogP contribution is -2.45. The molecule has 96 valence electrons. The van der Waals surface area contributed by atoms with Crippen molar-refractivity contribution in [2.24, 2.45) is 0 Å². The van der Waals surface area contributed by atoms with Crippen LogP contribution in [0, 0.1) is 10.1 Å². The van der Waals surface area contributed by atoms with Crippen LogP contribution in [0.15, 0.2) is 24.3 Å². The van der Waals surface area contributed by atoms with Crippen LogP contribution in [0.25, 0.3) is 0 Å². The number of amides is 1. The molecule has 0 unspecified atom stereocenters. The monoisotopic (exact) mass is 249 g/mol. The van der Waals surface area contributed by atoms with Gasteiger partial charge in [0.25, 0.3) is 11.6 Å². The van der Waals surface area contributed by atoms with Crippen LogP contribution in [0.5, 0.6) is 0 Å². The molecule has 1 aromatic rings. The standard InChI is InChI=1S/C12H15N3O3/c16-12(13-14-8-4-1-5-9-14)10-6-2-3-7-11(10)15(17)18/h2-3,6-7H,1,4-5,8-9H2,(H,13,16). The summed E-state index contributed by atoms with van der Waals surface area (Å²) in [4.78, 5) is 22.3. The second-order valence-electron chi connectivity index (χ2n) is 4.26. The predicted octanol–water partition coefficient (Wildman–Crippen LogP) is 1.73. The third-order valence-corrected chi connectivity index (χ3v) is 2.96. The molecule has 1 fully saturated rings. The van der Waals surface area contributed by atoms with Gasteiger partial charge in [-0.2, -0.15) is 0 Å². The van der Waals surface area contributed by atoms with Gasteiger partial charge in [0, 0.05) is 19.2 Å². The van der Waals surface area contributed by atoms with Crippen molar-refractivity contribution in [2.75, 3.05) is 13.1 Å². The van der Waals surface area contributed by atoms with Crippen molar-refractivity contribution in [1.29, 1.82) is 0 Å². The minimum Gasteiger partial charge on any atom is -0.285 e. The van der Waals surface area contributed by atoms with Gasteiger partial charge in [0.1, 0.15) is 5.56 Å². The number of hydrogen-bond donors (Lipinski definition) is 1. The first-order valence-corrected chi connectivity index (χ1v) is 5.98. The molecule has 0 aliphatic carbocycles. The number of nitrogens with zero attached hydrogens (tertiary/aromatic N) is 2. The van der Waals surface area contributed by atoms with Crippen molar-refractivity contribution < 1.29 is 9.72 Å². The maximum atomic E-state index is 12.0. The summed E-state index contributed by atoms with van der Waals surface area (Å²) >= 11 is 0. The third kappa shape index (κ3) is 2.84. The quantitative estimate of drug-likeness (QED) is 0.653. The number of nitro benzene ring substituents is 1. The fourth-order valence-electron chi connectivity index (χ4n) is 2.03. The van der Waals surface area contributed by atoms with Crippen LogP contribution in [-0.4, -0.2) is 28.9 Å². The van der Waals surface area contributed by atoms with Crippen LogP contribution in [0.4, 0.5) is 5.69 Å². The van der Waals surface area contributed by atoms with Crippen LogP contribution < -0.4 is 5.43 Å². The second kappa shape index (κ2) is 5.59. The van der Waals surface area contributed by atoms with E-state index in [9.17, 15) is 14.9 Å². The van der Waals surface area contributed by atoms with E-state index >= 15 is 0 Å². The molecule has 6 nitrogen and oxygen atoms in total. The van der Waals surface area contributed by atoms with E-state index < -0.39 is 10.8 Å². The van der Waals surface area contributed by atoms with Crippen LogP contribution in [-0.2, 0) is 0 Å². The summed E-state index contributed by atoms with van der Waals surface area (Å²) < 4.78 is 0. The number of para-hydroxylation sites is 1. The fraction of sp³-hybridized carbons (Fsp3) is 0.417. The molecule has 0 atom stereocenters. The summed E-state index contributed by atoms with van der Waals surface area (Å²) in [6.45, 7) is 1.60. The molecular formula is C12H15N3O3. The number of nitrogens with one attached hydrogen (secondary N) is 1. The highest BCUT2D eigenvalue weighted by atomic mass is 16.6. The fourth-order valence-corrected chi connectivity index (χ4v) is 2.03. The molecule has 0 radical (unpaired) electrons. The molecule has 1 aliphatic rings. The van der Waals surface area contributed by atoms with E-state index in [1.54, 1.807) is 12.1 Å². The van der Waals surface area contributed by atoms with E-state index in [2.05, 4.69) is 5.43 Å². The normalized spacial score (nSPS) is 16.2. The molecule has 0 aromatic heterocycles. The predicted molar refractivity (Wildman–Crippen MR) is 66.0 cm³/mol. The summed E-state index contributed by atoms with van der Waals surface area (Å²) in [5.41, 5.74) is 2.66. The highest BCUT2D eigenvalue weighted by molar-refractivity contribution is 5.97. The van der Waals surface area contributed by atoms with E-state index in [4.69, 9.17) is 0 Å². The number of nitro groups is 1. The smallest absolute Gasteiger partial charge is 0.282 e. The lowest BCUT2D eigenvalue weighted by atomic mass is 10.1. The summed E-state index contributed by atoms with van der Waals surface area (Å²) in [7, 11) is 0. The third-order valence-electron chi connectivity index (χ3n) is 2.96. The molecule has 6 heteroatoms. The highest BCUT2D eigenvalue weighted by Gasteiger charge is 2.21. The minimum atomic E-state index is -0.537. The van der Waals surface area contributed by atoms with E-state index in [0.29, 0.717) is 0 Å². The van der Waals surface area contributed by atoms with Crippen LogP contribution in [0.2, 0.25) is 0 Å². The summed E-state index contributed by atoms with van der Waals surface area (Å²) in [5.74, 6) is -0.413. The zero-order valence-electron chi connectivity index (χ0n) is 9.96.